The van der Waals surface area contributed by atoms with Crippen molar-refractivity contribution in [1.29, 1.82) is 0 Å². The molecule has 752 valence electrons. The molecule has 0 saturated carbocycles. The Labute approximate surface area is 851 Å². The average molecular weight is 1990 g/mol. The number of halogens is 1. The van der Waals surface area contributed by atoms with Crippen LogP contribution in [-0.2, 0) is 133 Å². The van der Waals surface area contributed by atoms with Crippen LogP contribution >= 0.6 is 11.8 Å². The Morgan fingerprint density at radius 2 is 0.614 bits per heavy atom. The summed E-state index contributed by atoms with van der Waals surface area (Å²) in [6, 6.07) is 62.1. The monoisotopic (exact) mass is 1990 g/mol. The first kappa shape index (κ1) is 102. The summed E-state index contributed by atoms with van der Waals surface area (Å²) in [6.45, 7) is 15.4. The lowest BCUT2D eigenvalue weighted by atomic mass is 10.1. The molecule has 0 radical (unpaired) electrons. The minimum absolute atomic E-state index is 0. The van der Waals surface area contributed by atoms with Crippen molar-refractivity contribution in [1.82, 2.24) is 88.0 Å². The van der Waals surface area contributed by atoms with E-state index in [9.17, 15) is 8.60 Å². The molecule has 1 unspecified atom stereocenters. The first-order valence-electron chi connectivity index (χ1n) is 46.2. The van der Waals surface area contributed by atoms with Crippen LogP contribution in [0, 0.1) is 33.5 Å². The Bertz CT molecular complexity index is 6990. The van der Waals surface area contributed by atoms with E-state index in [4.69, 9.17) is 4.74 Å². The maximum atomic E-state index is 13.1. The van der Waals surface area contributed by atoms with Crippen LogP contribution in [0.5, 0.6) is 11.6 Å². The first-order valence-corrected chi connectivity index (χ1v) is 48.2. The standard InChI is InChI=1S/4C12H14N4.C11H11FN4.C11H12N4.C11H11N3OS.C11H11N3O.C11H11N3S.4CH4/c3*1-8-3-4-10-11(5-8)13-6-9-7-14-16(2)12(9)15-10;1-8-4-3-5-10-11(8)15-12-9(6-13-10)7-14-16(12)2;1-16-11-7(6-14-16)5-13-10-4-8(12)2-3-9(10)15-11;1-15-11-8(7-13-15)6-12-9-4-2-3-5-10(9)14-11;1-14-11-8(7-13-14)6-12-9-4-2-3-5-10(9)16(11)15;2*1-14-11-8(7-13-14)6-12-9-4-2-3-5-10(9)15-11;;;;/h4*3-5,7,13,15H,6H2,1-2H3;2-4,6,13,15H,5H2,1H3;2-5,7,12,14H,6H2,1H3;2-5,7,12H,6H2,1H3;2*2-5,7,12H,6H2,1H3;4*1H4. The normalized spacial score (nSPS) is 13.4. The number of aromatic nitrogens is 18. The van der Waals surface area contributed by atoms with Crippen molar-refractivity contribution in [3.8, 4) is 11.6 Å². The third-order valence-corrected chi connectivity index (χ3v) is 27.8. The molecule has 9 aromatic carbocycles. The molecule has 18 aromatic rings. The van der Waals surface area contributed by atoms with Crippen LogP contribution in [0.1, 0.15) is 102 Å². The molecule has 9 aliphatic rings. The molecule has 0 aliphatic carbocycles. The van der Waals surface area contributed by atoms with Gasteiger partial charge in [0.05, 0.1) is 146 Å². The summed E-state index contributed by atoms with van der Waals surface area (Å²) in [5.41, 5.74) is 31.5. The predicted octanol–water partition coefficient (Wildman–Crippen LogP) is 22.6. The summed E-state index contributed by atoms with van der Waals surface area (Å²) < 4.78 is 47.8. The highest BCUT2D eigenvalue weighted by Crippen LogP contribution is 2.43. The van der Waals surface area contributed by atoms with E-state index in [0.717, 1.165) is 199 Å². The molecule has 9 aliphatic heterocycles. The van der Waals surface area contributed by atoms with Gasteiger partial charge in [0, 0.05) is 177 Å². The molecular weight excluding hydrogens is 1860 g/mol. The maximum Gasteiger partial charge on any atom is 0.222 e. The van der Waals surface area contributed by atoms with Crippen LogP contribution in [0.15, 0.2) is 264 Å². The average Bonchev–Trinajstić information content (AvgIpc) is 1.69. The minimum atomic E-state index is -1.15. The van der Waals surface area contributed by atoms with Crippen molar-refractivity contribution >= 4 is 143 Å². The Hall–Kier alpha value is -16.9. The lowest BCUT2D eigenvalue weighted by Crippen LogP contribution is -2.02. The highest BCUT2D eigenvalue weighted by atomic mass is 32.2. The molecule has 9 aromatic heterocycles. The SMILES string of the molecule is C.C.C.C.Cc1ccc2c(c1)NCc1cnn(C)c1N2.Cc1ccc2c(c1)NCc1cnn(C)c1N2.Cc1ccc2c(c1)NCc1cnn(C)c1N2.Cc1cccc2c1Nc1c(cnn1C)CN2.Cn1ncc2c1Nc1ccc(F)cc1NC2.Cn1ncc2c1Nc1ccccc1NC2.Cn1ncc2c1Oc1ccccc1NC2.Cn1ncc2c1S(=O)c1ccccc1NC2.Cn1ncc2c1Sc1ccccc1NC2. The molecule has 0 amide bonds. The topological polar surface area (TPSA) is 367 Å². The van der Waals surface area contributed by atoms with Gasteiger partial charge in [-0.1, -0.05) is 120 Å². The number of hydrogen-bond donors (Lipinski definition) is 15. The number of para-hydroxylation sites is 7. The van der Waals surface area contributed by atoms with Crippen LogP contribution in [0.3, 0.4) is 0 Å². The number of aryl methyl sites for hydroxylation is 13. The summed E-state index contributed by atoms with van der Waals surface area (Å²) in [6.07, 6.45) is 16.8. The lowest BCUT2D eigenvalue weighted by Gasteiger charge is -2.12. The molecule has 0 fully saturated rings. The van der Waals surface area contributed by atoms with Crippen molar-refractivity contribution in [2.75, 3.05) is 79.8 Å². The van der Waals surface area contributed by atoms with Gasteiger partial charge in [-0.05, 0) is 159 Å². The second-order valence-corrected chi connectivity index (χ2v) is 37.3. The quantitative estimate of drug-likeness (QED) is 0.0670. The van der Waals surface area contributed by atoms with E-state index in [1.165, 1.54) is 83.4 Å². The lowest BCUT2D eigenvalue weighted by molar-refractivity contribution is 0.431. The van der Waals surface area contributed by atoms with Crippen molar-refractivity contribution in [2.45, 2.75) is 136 Å². The third kappa shape index (κ3) is 22.8. The van der Waals surface area contributed by atoms with Gasteiger partial charge in [0.25, 0.3) is 0 Å². The number of nitrogens with zero attached hydrogens (tertiary/aromatic N) is 18. The first-order chi connectivity index (χ1) is 68.5. The summed E-state index contributed by atoms with van der Waals surface area (Å²) in [4.78, 5) is 2.09. The summed E-state index contributed by atoms with van der Waals surface area (Å²) in [7, 11) is 16.2. The van der Waals surface area contributed by atoms with E-state index in [2.05, 4.69) is 263 Å². The number of rotatable bonds is 0. The molecule has 38 heteroatoms. The predicted molar refractivity (Wildman–Crippen MR) is 587 cm³/mol. The number of fused-ring (bicyclic) bond motifs is 18. The van der Waals surface area contributed by atoms with Crippen LogP contribution < -0.4 is 84.5 Å². The second kappa shape index (κ2) is 45.4. The Balaban J connectivity index is 0.000000122. The van der Waals surface area contributed by atoms with Crippen molar-refractivity contribution in [3.63, 3.8) is 0 Å². The largest absolute Gasteiger partial charge is 0.437 e. The maximum absolute atomic E-state index is 13.1. The Morgan fingerprint density at radius 1 is 0.290 bits per heavy atom. The summed E-state index contributed by atoms with van der Waals surface area (Å²) >= 11 is 1.77. The van der Waals surface area contributed by atoms with Crippen LogP contribution in [0.25, 0.3) is 0 Å². The van der Waals surface area contributed by atoms with E-state index in [0.29, 0.717) is 13.1 Å². The molecule has 0 bridgehead atoms. The molecule has 1 atom stereocenters. The Kier molecular flexibility index (Phi) is 32.1. The zero-order valence-electron chi connectivity index (χ0n) is 80.5. The fraction of sp³-hybridized carbons (Fsp3) is 0.243. The van der Waals surface area contributed by atoms with E-state index in [-0.39, 0.29) is 35.5 Å². The van der Waals surface area contributed by atoms with Crippen LogP contribution in [0.4, 0.5) is 125 Å². The number of nitrogens with one attached hydrogen (secondary N) is 15. The van der Waals surface area contributed by atoms with Crippen LogP contribution in [-0.4, -0.2) is 92.2 Å². The number of ether oxygens (including phenoxy) is 1. The molecule has 35 nitrogen and oxygen atoms in total. The third-order valence-electron chi connectivity index (χ3n) is 24.8. The van der Waals surface area contributed by atoms with Crippen LogP contribution in [0.2, 0.25) is 0 Å². The van der Waals surface area contributed by atoms with E-state index in [1.54, 1.807) is 44.3 Å². The molecule has 0 saturated heterocycles. The van der Waals surface area contributed by atoms with Gasteiger partial charge in [0.1, 0.15) is 61.6 Å². The van der Waals surface area contributed by atoms with E-state index < -0.39 is 10.8 Å². The van der Waals surface area contributed by atoms with Crippen molar-refractivity contribution in [2.24, 2.45) is 63.4 Å². The minimum Gasteiger partial charge on any atom is -0.437 e. The highest BCUT2D eigenvalue weighted by Gasteiger charge is 2.27. The van der Waals surface area contributed by atoms with Gasteiger partial charge >= 0.3 is 0 Å². The molecule has 145 heavy (non-hydrogen) atoms. The van der Waals surface area contributed by atoms with Gasteiger partial charge in [0.2, 0.25) is 5.88 Å². The summed E-state index contributed by atoms with van der Waals surface area (Å²) in [5, 5.41) is 90.6. The number of hydrogen-bond acceptors (Lipinski definition) is 27. The zero-order valence-corrected chi connectivity index (χ0v) is 82.2. The number of benzene rings is 9. The van der Waals surface area contributed by atoms with Gasteiger partial charge in [-0.15, -0.1) is 0 Å². The van der Waals surface area contributed by atoms with E-state index >= 15 is 0 Å². The second-order valence-electron chi connectivity index (χ2n) is 34.9. The van der Waals surface area contributed by atoms with Gasteiger partial charge < -0.3 is 84.5 Å². The van der Waals surface area contributed by atoms with E-state index in [1.807, 2.05) is 196 Å². The fourth-order valence-electron chi connectivity index (χ4n) is 17.1. The fourth-order valence-corrected chi connectivity index (χ4v) is 19.6. The smallest absolute Gasteiger partial charge is 0.222 e. The van der Waals surface area contributed by atoms with Gasteiger partial charge in [-0.2, -0.15) is 45.9 Å². The van der Waals surface area contributed by atoms with Gasteiger partial charge in [-0.25, -0.2) is 13.3 Å². The van der Waals surface area contributed by atoms with Gasteiger partial charge in [-0.3, -0.25) is 37.5 Å². The zero-order chi connectivity index (χ0) is 97.5. The highest BCUT2D eigenvalue weighted by molar-refractivity contribution is 7.99. The van der Waals surface area contributed by atoms with Crippen molar-refractivity contribution < 1.29 is 13.3 Å². The number of anilines is 21. The Morgan fingerprint density at radius 3 is 1.12 bits per heavy atom. The van der Waals surface area contributed by atoms with Gasteiger partial charge in [0.15, 0.2) is 5.75 Å². The molecule has 15 N–H and O–H groups in total. The summed E-state index contributed by atoms with van der Waals surface area (Å²) in [5.74, 6) is 7.69. The molecule has 0 spiro atoms. The molecule has 27 rings (SSSR count). The molecule has 18 heterocycles. The van der Waals surface area contributed by atoms with Crippen molar-refractivity contribution in [3.05, 3.63) is 322 Å². The molecular formula is C107H128FN33O2S2.